The number of rotatable bonds is 10. The molecule has 2 rings (SSSR count). The molecule has 9 heteroatoms. The maximum atomic E-state index is 12.1. The average molecular weight is 490 g/mol. The fourth-order valence-corrected chi connectivity index (χ4v) is 4.20. The summed E-state index contributed by atoms with van der Waals surface area (Å²) in [5.74, 6) is 0.524. The number of ether oxygens (including phenoxy) is 1. The smallest absolute Gasteiger partial charge is 0.232 e. The summed E-state index contributed by atoms with van der Waals surface area (Å²) < 4.78 is 31.7. The summed E-state index contributed by atoms with van der Waals surface area (Å²) in [5, 5.41) is 3.39. The number of halogens is 2. The molecule has 0 unspecified atom stereocenters. The van der Waals surface area contributed by atoms with Crippen molar-refractivity contribution < 1.29 is 17.9 Å². The van der Waals surface area contributed by atoms with Gasteiger partial charge in [0.05, 0.1) is 18.5 Å². The molecule has 152 valence electrons. The molecule has 0 aromatic heterocycles. The van der Waals surface area contributed by atoms with E-state index in [2.05, 4.69) is 21.2 Å². The Labute approximate surface area is 179 Å². The molecule has 0 heterocycles. The quantitative estimate of drug-likeness (QED) is 0.515. The Hall–Kier alpha value is -1.77. The SMILES string of the molecule is CS(=O)(=O)N(CCCC(=O)NCCOc1ccc(Cl)cc1)c1ccccc1Br. The summed E-state index contributed by atoms with van der Waals surface area (Å²) in [7, 11) is -3.45. The van der Waals surface area contributed by atoms with E-state index in [1.54, 1.807) is 42.5 Å². The van der Waals surface area contributed by atoms with Crippen molar-refractivity contribution in [2.75, 3.05) is 30.3 Å². The molecule has 0 radical (unpaired) electrons. The number of benzene rings is 2. The Bertz CT molecular complexity index is 891. The summed E-state index contributed by atoms with van der Waals surface area (Å²) in [6.45, 7) is 0.914. The van der Waals surface area contributed by atoms with E-state index in [0.717, 1.165) is 6.26 Å². The highest BCUT2D eigenvalue weighted by Gasteiger charge is 2.19. The van der Waals surface area contributed by atoms with Crippen LogP contribution in [0.4, 0.5) is 5.69 Å². The summed E-state index contributed by atoms with van der Waals surface area (Å²) in [6, 6.07) is 14.1. The van der Waals surface area contributed by atoms with Crippen molar-refractivity contribution in [2.24, 2.45) is 0 Å². The second-order valence-electron chi connectivity index (χ2n) is 6.04. The molecular formula is C19H22BrClN2O4S. The van der Waals surface area contributed by atoms with E-state index in [4.69, 9.17) is 16.3 Å². The van der Waals surface area contributed by atoms with Gasteiger partial charge in [0.1, 0.15) is 12.4 Å². The lowest BCUT2D eigenvalue weighted by Gasteiger charge is -2.23. The van der Waals surface area contributed by atoms with Gasteiger partial charge in [-0.3, -0.25) is 9.10 Å². The Morgan fingerprint density at radius 2 is 1.86 bits per heavy atom. The zero-order valence-corrected chi connectivity index (χ0v) is 18.6. The van der Waals surface area contributed by atoms with Crippen LogP contribution in [0, 0.1) is 0 Å². The van der Waals surface area contributed by atoms with Gasteiger partial charge in [0.2, 0.25) is 15.9 Å². The number of amides is 1. The van der Waals surface area contributed by atoms with E-state index < -0.39 is 10.0 Å². The molecule has 28 heavy (non-hydrogen) atoms. The minimum absolute atomic E-state index is 0.153. The van der Waals surface area contributed by atoms with Crippen LogP contribution >= 0.6 is 27.5 Å². The maximum Gasteiger partial charge on any atom is 0.232 e. The van der Waals surface area contributed by atoms with Crippen LogP contribution in [-0.2, 0) is 14.8 Å². The summed E-state index contributed by atoms with van der Waals surface area (Å²) in [4.78, 5) is 12.0. The number of sulfonamides is 1. The highest BCUT2D eigenvalue weighted by Crippen LogP contribution is 2.27. The van der Waals surface area contributed by atoms with Gasteiger partial charge in [-0.05, 0) is 58.7 Å². The van der Waals surface area contributed by atoms with Gasteiger partial charge in [-0.15, -0.1) is 0 Å². The molecule has 0 aliphatic heterocycles. The Morgan fingerprint density at radius 1 is 1.18 bits per heavy atom. The fourth-order valence-electron chi connectivity index (χ4n) is 2.48. The second kappa shape index (κ2) is 10.7. The van der Waals surface area contributed by atoms with Gasteiger partial charge in [0, 0.05) is 22.5 Å². The molecule has 2 aromatic rings. The molecular weight excluding hydrogens is 468 g/mol. The Morgan fingerprint density at radius 3 is 2.50 bits per heavy atom. The van der Waals surface area contributed by atoms with Gasteiger partial charge < -0.3 is 10.1 Å². The standard InChI is InChI=1S/C19H22BrClN2O4S/c1-28(25,26)23(18-6-3-2-5-17(18)20)13-4-7-19(24)22-12-14-27-16-10-8-15(21)9-11-16/h2-3,5-6,8-11H,4,7,12-14H2,1H3,(H,22,24). The first-order valence-corrected chi connectivity index (χ1v) is 11.7. The van der Waals surface area contributed by atoms with Crippen LogP contribution in [0.2, 0.25) is 5.02 Å². The summed E-state index contributed by atoms with van der Waals surface area (Å²) in [5.41, 5.74) is 0.557. The zero-order valence-electron chi connectivity index (χ0n) is 15.4. The highest BCUT2D eigenvalue weighted by atomic mass is 79.9. The Balaban J connectivity index is 1.75. The normalized spacial score (nSPS) is 11.1. The number of carbonyl (C=O) groups excluding carboxylic acids is 1. The van der Waals surface area contributed by atoms with Crippen LogP contribution < -0.4 is 14.4 Å². The van der Waals surface area contributed by atoms with Gasteiger partial charge in [0.25, 0.3) is 0 Å². The minimum atomic E-state index is -3.45. The molecule has 0 saturated heterocycles. The lowest BCUT2D eigenvalue weighted by atomic mass is 10.2. The van der Waals surface area contributed by atoms with Crippen molar-refractivity contribution in [1.82, 2.24) is 5.32 Å². The fraction of sp³-hybridized carbons (Fsp3) is 0.316. The molecule has 0 aliphatic carbocycles. The third kappa shape index (κ3) is 7.33. The molecule has 0 fully saturated rings. The monoisotopic (exact) mass is 488 g/mol. The van der Waals surface area contributed by atoms with Crippen molar-refractivity contribution in [1.29, 1.82) is 0 Å². The predicted octanol–water partition coefficient (Wildman–Crippen LogP) is 3.84. The molecule has 6 nitrogen and oxygen atoms in total. The molecule has 0 bridgehead atoms. The molecule has 1 amide bonds. The van der Waals surface area contributed by atoms with E-state index in [1.807, 2.05) is 6.07 Å². The molecule has 0 saturated carbocycles. The van der Waals surface area contributed by atoms with Crippen LogP contribution in [-0.4, -0.2) is 40.3 Å². The van der Waals surface area contributed by atoms with Crippen molar-refractivity contribution >= 4 is 49.1 Å². The number of hydrogen-bond donors (Lipinski definition) is 1. The van der Waals surface area contributed by atoms with Crippen LogP contribution in [0.25, 0.3) is 0 Å². The van der Waals surface area contributed by atoms with Crippen molar-refractivity contribution in [3.05, 3.63) is 58.0 Å². The van der Waals surface area contributed by atoms with Crippen LogP contribution in [0.5, 0.6) is 5.75 Å². The molecule has 2 aromatic carbocycles. The van der Waals surface area contributed by atoms with Gasteiger partial charge in [-0.25, -0.2) is 8.42 Å². The van der Waals surface area contributed by atoms with Crippen molar-refractivity contribution in [2.45, 2.75) is 12.8 Å². The average Bonchev–Trinajstić information content (AvgIpc) is 2.64. The molecule has 0 spiro atoms. The van der Waals surface area contributed by atoms with E-state index in [1.165, 1.54) is 4.31 Å². The number of nitrogens with one attached hydrogen (secondary N) is 1. The Kier molecular flexibility index (Phi) is 8.59. The first-order valence-electron chi connectivity index (χ1n) is 8.64. The van der Waals surface area contributed by atoms with Crippen LogP contribution in [0.3, 0.4) is 0 Å². The number of carbonyl (C=O) groups is 1. The molecule has 0 aliphatic rings. The number of nitrogens with zero attached hydrogens (tertiary/aromatic N) is 1. The minimum Gasteiger partial charge on any atom is -0.492 e. The van der Waals surface area contributed by atoms with Crippen molar-refractivity contribution in [3.63, 3.8) is 0 Å². The lowest BCUT2D eigenvalue weighted by molar-refractivity contribution is -0.121. The topological polar surface area (TPSA) is 75.7 Å². The van der Waals surface area contributed by atoms with Crippen molar-refractivity contribution in [3.8, 4) is 5.75 Å². The van der Waals surface area contributed by atoms with E-state index >= 15 is 0 Å². The van der Waals surface area contributed by atoms with Gasteiger partial charge in [0.15, 0.2) is 0 Å². The number of anilines is 1. The van der Waals surface area contributed by atoms with Crippen LogP contribution in [0.15, 0.2) is 53.0 Å². The third-order valence-corrected chi connectivity index (χ3v) is 5.90. The third-order valence-electron chi connectivity index (χ3n) is 3.79. The van der Waals surface area contributed by atoms with Crippen LogP contribution in [0.1, 0.15) is 12.8 Å². The predicted molar refractivity (Wildman–Crippen MR) is 116 cm³/mol. The number of hydrogen-bond acceptors (Lipinski definition) is 4. The largest absolute Gasteiger partial charge is 0.492 e. The maximum absolute atomic E-state index is 12.1. The van der Waals surface area contributed by atoms with E-state index in [-0.39, 0.29) is 18.9 Å². The first-order chi connectivity index (χ1) is 13.3. The first kappa shape index (κ1) is 22.5. The highest BCUT2D eigenvalue weighted by molar-refractivity contribution is 9.10. The molecule has 0 atom stereocenters. The summed E-state index contributed by atoms with van der Waals surface area (Å²) >= 11 is 9.17. The zero-order chi connectivity index (χ0) is 20.6. The van der Waals surface area contributed by atoms with E-state index in [9.17, 15) is 13.2 Å². The van der Waals surface area contributed by atoms with Gasteiger partial charge in [-0.2, -0.15) is 0 Å². The van der Waals surface area contributed by atoms with Gasteiger partial charge in [-0.1, -0.05) is 23.7 Å². The molecule has 1 N–H and O–H groups in total. The second-order valence-corrected chi connectivity index (χ2v) is 9.24. The number of para-hydroxylation sites is 1. The lowest BCUT2D eigenvalue weighted by Crippen LogP contribution is -2.33. The summed E-state index contributed by atoms with van der Waals surface area (Å²) in [6.07, 6.45) is 1.77. The van der Waals surface area contributed by atoms with Gasteiger partial charge >= 0.3 is 0 Å². The van der Waals surface area contributed by atoms with E-state index in [0.29, 0.717) is 40.5 Å².